The number of carbonyl (C=O) groups is 1. The minimum atomic E-state index is -4.24. The maximum absolute atomic E-state index is 12.4. The van der Waals surface area contributed by atoms with Crippen LogP contribution in [-0.2, 0) is 9.53 Å². The smallest absolute Gasteiger partial charge is 0.401 e. The molecule has 114 valence electrons. The molecule has 0 aliphatic heterocycles. The molecule has 0 amide bonds. The van der Waals surface area contributed by atoms with Gasteiger partial charge < -0.3 is 10.1 Å². The summed E-state index contributed by atoms with van der Waals surface area (Å²) in [7, 11) is 2.85. The van der Waals surface area contributed by atoms with Crippen LogP contribution in [0.3, 0.4) is 0 Å². The number of alkyl halides is 3. The number of nitrogens with one attached hydrogen (secondary N) is 1. The van der Waals surface area contributed by atoms with Crippen molar-refractivity contribution in [2.45, 2.75) is 44.9 Å². The number of nitrogens with zero attached hydrogens (tertiary/aromatic N) is 1. The highest BCUT2D eigenvalue weighted by Gasteiger charge is 2.38. The Morgan fingerprint density at radius 2 is 1.95 bits per heavy atom. The summed E-state index contributed by atoms with van der Waals surface area (Å²) in [4.78, 5) is 13.0. The van der Waals surface area contributed by atoms with Crippen LogP contribution in [0.4, 0.5) is 13.2 Å². The fourth-order valence-corrected chi connectivity index (χ4v) is 2.04. The highest BCUT2D eigenvalue weighted by Crippen LogP contribution is 2.22. The van der Waals surface area contributed by atoms with Crippen molar-refractivity contribution in [1.82, 2.24) is 10.2 Å². The SMILES string of the molecule is CCN(CC(F)(F)F)C(C)CC(C)(NC)C(=O)OC. The molecule has 2 atom stereocenters. The van der Waals surface area contributed by atoms with Crippen molar-refractivity contribution in [2.75, 3.05) is 27.2 Å². The lowest BCUT2D eigenvalue weighted by Gasteiger charge is -2.35. The van der Waals surface area contributed by atoms with Crippen molar-refractivity contribution in [3.05, 3.63) is 0 Å². The van der Waals surface area contributed by atoms with Crippen LogP contribution in [-0.4, -0.2) is 55.9 Å². The van der Waals surface area contributed by atoms with E-state index in [-0.39, 0.29) is 13.0 Å². The van der Waals surface area contributed by atoms with Crippen molar-refractivity contribution in [2.24, 2.45) is 0 Å². The predicted octanol–water partition coefficient (Wildman–Crippen LogP) is 1.80. The molecule has 0 aromatic heterocycles. The molecule has 0 aromatic carbocycles. The Bertz CT molecular complexity index is 297. The standard InChI is InChI=1S/C12H23F3N2O2/c1-6-17(8-12(13,14)15)9(2)7-11(3,16-4)10(18)19-5/h9,16H,6-8H2,1-5H3. The van der Waals surface area contributed by atoms with Gasteiger partial charge in [0.1, 0.15) is 5.54 Å². The Labute approximate surface area is 112 Å². The monoisotopic (exact) mass is 284 g/mol. The number of hydrogen-bond donors (Lipinski definition) is 1. The molecule has 19 heavy (non-hydrogen) atoms. The summed E-state index contributed by atoms with van der Waals surface area (Å²) < 4.78 is 42.0. The zero-order valence-corrected chi connectivity index (χ0v) is 12.1. The molecule has 0 radical (unpaired) electrons. The number of rotatable bonds is 7. The number of likely N-dealkylation sites (N-methyl/N-ethyl adjacent to an activating group) is 1. The Hall–Kier alpha value is -0.820. The fraction of sp³-hybridized carbons (Fsp3) is 0.917. The largest absolute Gasteiger partial charge is 0.468 e. The van der Waals surface area contributed by atoms with E-state index in [0.29, 0.717) is 0 Å². The van der Waals surface area contributed by atoms with Crippen molar-refractivity contribution in [1.29, 1.82) is 0 Å². The van der Waals surface area contributed by atoms with E-state index in [4.69, 9.17) is 0 Å². The van der Waals surface area contributed by atoms with Gasteiger partial charge in [0.15, 0.2) is 0 Å². The van der Waals surface area contributed by atoms with Gasteiger partial charge in [0.05, 0.1) is 13.7 Å². The molecule has 0 bridgehead atoms. The van der Waals surface area contributed by atoms with E-state index in [2.05, 4.69) is 10.1 Å². The Kier molecular flexibility index (Phi) is 6.79. The molecular formula is C12H23F3N2O2. The van der Waals surface area contributed by atoms with Crippen LogP contribution < -0.4 is 5.32 Å². The highest BCUT2D eigenvalue weighted by atomic mass is 19.4. The van der Waals surface area contributed by atoms with Gasteiger partial charge in [-0.2, -0.15) is 13.2 Å². The van der Waals surface area contributed by atoms with Gasteiger partial charge in [-0.15, -0.1) is 0 Å². The molecule has 0 fully saturated rings. The van der Waals surface area contributed by atoms with E-state index in [1.807, 2.05) is 0 Å². The van der Waals surface area contributed by atoms with Gasteiger partial charge in [0.25, 0.3) is 0 Å². The molecule has 0 aromatic rings. The van der Waals surface area contributed by atoms with Gasteiger partial charge in [-0.3, -0.25) is 9.69 Å². The van der Waals surface area contributed by atoms with Gasteiger partial charge in [-0.05, 0) is 33.9 Å². The van der Waals surface area contributed by atoms with E-state index in [1.54, 1.807) is 27.8 Å². The molecular weight excluding hydrogens is 261 g/mol. The van der Waals surface area contributed by atoms with Gasteiger partial charge in [0, 0.05) is 6.04 Å². The lowest BCUT2D eigenvalue weighted by molar-refractivity contribution is -0.154. The first-order valence-electron chi connectivity index (χ1n) is 6.17. The topological polar surface area (TPSA) is 41.6 Å². The summed E-state index contributed by atoms with van der Waals surface area (Å²) in [6.07, 6.45) is -4.01. The molecule has 0 saturated heterocycles. The molecule has 4 nitrogen and oxygen atoms in total. The molecule has 0 spiro atoms. The van der Waals surface area contributed by atoms with Gasteiger partial charge in [-0.25, -0.2) is 0 Å². The summed E-state index contributed by atoms with van der Waals surface area (Å²) in [5.74, 6) is -0.482. The lowest BCUT2D eigenvalue weighted by Crippen LogP contribution is -2.53. The molecule has 1 N–H and O–H groups in total. The molecule has 0 heterocycles. The normalized spacial score (nSPS) is 17.1. The zero-order chi connectivity index (χ0) is 15.3. The molecule has 0 rings (SSSR count). The van der Waals surface area contributed by atoms with Crippen molar-refractivity contribution in [3.63, 3.8) is 0 Å². The van der Waals surface area contributed by atoms with Gasteiger partial charge in [0.2, 0.25) is 0 Å². The lowest BCUT2D eigenvalue weighted by atomic mass is 9.93. The fourth-order valence-electron chi connectivity index (χ4n) is 2.04. The third-order valence-electron chi connectivity index (χ3n) is 3.30. The van der Waals surface area contributed by atoms with Crippen molar-refractivity contribution in [3.8, 4) is 0 Å². The summed E-state index contributed by atoms with van der Waals surface area (Å²) in [6, 6.07) is -0.400. The van der Waals surface area contributed by atoms with E-state index in [0.717, 1.165) is 0 Å². The minimum absolute atomic E-state index is 0.236. The first kappa shape index (κ1) is 18.2. The average molecular weight is 284 g/mol. The second-order valence-electron chi connectivity index (χ2n) is 4.81. The van der Waals surface area contributed by atoms with Crippen LogP contribution in [0, 0.1) is 0 Å². The maximum Gasteiger partial charge on any atom is 0.401 e. The molecule has 0 saturated carbocycles. The van der Waals surface area contributed by atoms with Crippen LogP contribution in [0.15, 0.2) is 0 Å². The molecule has 0 aliphatic rings. The maximum atomic E-state index is 12.4. The van der Waals surface area contributed by atoms with E-state index >= 15 is 0 Å². The zero-order valence-electron chi connectivity index (χ0n) is 12.1. The highest BCUT2D eigenvalue weighted by molar-refractivity contribution is 5.80. The first-order chi connectivity index (χ1) is 8.59. The van der Waals surface area contributed by atoms with Crippen LogP contribution >= 0.6 is 0 Å². The quantitative estimate of drug-likeness (QED) is 0.724. The van der Waals surface area contributed by atoms with Crippen LogP contribution in [0.1, 0.15) is 27.2 Å². The van der Waals surface area contributed by atoms with Gasteiger partial charge >= 0.3 is 12.1 Å². The second kappa shape index (κ2) is 7.09. The Morgan fingerprint density at radius 3 is 2.26 bits per heavy atom. The molecule has 0 aliphatic carbocycles. The minimum Gasteiger partial charge on any atom is -0.468 e. The van der Waals surface area contributed by atoms with Crippen LogP contribution in [0.5, 0.6) is 0 Å². The van der Waals surface area contributed by atoms with E-state index in [1.165, 1.54) is 12.0 Å². The number of carbonyl (C=O) groups excluding carboxylic acids is 1. The summed E-state index contributed by atoms with van der Waals surface area (Å²) >= 11 is 0. The third kappa shape index (κ3) is 5.78. The summed E-state index contributed by atoms with van der Waals surface area (Å²) in [5, 5.41) is 2.82. The number of esters is 1. The average Bonchev–Trinajstić information content (AvgIpc) is 2.33. The van der Waals surface area contributed by atoms with Crippen LogP contribution in [0.25, 0.3) is 0 Å². The van der Waals surface area contributed by atoms with Gasteiger partial charge in [-0.1, -0.05) is 6.92 Å². The Morgan fingerprint density at radius 1 is 1.42 bits per heavy atom. The molecule has 2 unspecified atom stereocenters. The number of halogens is 3. The van der Waals surface area contributed by atoms with Crippen molar-refractivity contribution < 1.29 is 22.7 Å². The van der Waals surface area contributed by atoms with Crippen molar-refractivity contribution >= 4 is 5.97 Å². The van der Waals surface area contributed by atoms with Crippen LogP contribution in [0.2, 0.25) is 0 Å². The number of methoxy groups -OCH3 is 1. The molecule has 7 heteroatoms. The number of hydrogen-bond acceptors (Lipinski definition) is 4. The first-order valence-corrected chi connectivity index (χ1v) is 6.17. The van der Waals surface area contributed by atoms with E-state index in [9.17, 15) is 18.0 Å². The second-order valence-corrected chi connectivity index (χ2v) is 4.81. The predicted molar refractivity (Wildman–Crippen MR) is 66.9 cm³/mol. The third-order valence-corrected chi connectivity index (χ3v) is 3.30. The number of ether oxygens (including phenoxy) is 1. The van der Waals surface area contributed by atoms with E-state index < -0.39 is 30.3 Å². The Balaban J connectivity index is 4.79. The summed E-state index contributed by atoms with van der Waals surface area (Å²) in [5.41, 5.74) is -0.993. The summed E-state index contributed by atoms with van der Waals surface area (Å²) in [6.45, 7) is 4.24.